The molecule has 0 spiro atoms. The maximum absolute atomic E-state index is 4.81. The molecule has 0 radical (unpaired) electrons. The van der Waals surface area contributed by atoms with Gasteiger partial charge in [-0.2, -0.15) is 0 Å². The first-order chi connectivity index (χ1) is 9.69. The number of benzene rings is 1. The van der Waals surface area contributed by atoms with Gasteiger partial charge in [0.05, 0.1) is 11.0 Å². The molecule has 0 aliphatic heterocycles. The van der Waals surface area contributed by atoms with Gasteiger partial charge in [0, 0.05) is 23.0 Å². The molecule has 1 aromatic carbocycles. The zero-order valence-corrected chi connectivity index (χ0v) is 12.2. The van der Waals surface area contributed by atoms with Crippen LogP contribution in [0.5, 0.6) is 0 Å². The average molecular weight is 265 g/mol. The minimum atomic E-state index is 0.941. The maximum atomic E-state index is 4.81. The molecule has 20 heavy (non-hydrogen) atoms. The number of aryl methyl sites for hydroxylation is 2. The Morgan fingerprint density at radius 1 is 0.950 bits per heavy atom. The first kappa shape index (κ1) is 12.9. The molecular weight excluding hydrogens is 246 g/mol. The van der Waals surface area contributed by atoms with Crippen molar-refractivity contribution in [3.8, 4) is 0 Å². The van der Waals surface area contributed by atoms with Crippen molar-refractivity contribution in [2.75, 3.05) is 11.9 Å². The van der Waals surface area contributed by atoms with E-state index in [0.29, 0.717) is 0 Å². The van der Waals surface area contributed by atoms with Gasteiger partial charge in [0.25, 0.3) is 0 Å². The largest absolute Gasteiger partial charge is 0.370 e. The molecule has 0 atom stereocenters. The normalized spacial score (nSPS) is 11.2. The van der Waals surface area contributed by atoms with Crippen molar-refractivity contribution in [2.45, 2.75) is 27.2 Å². The summed E-state index contributed by atoms with van der Waals surface area (Å²) in [5, 5.41) is 5.68. The molecule has 0 saturated carbocycles. The molecule has 0 saturated heterocycles. The van der Waals surface area contributed by atoms with Crippen LogP contribution in [0.1, 0.15) is 24.6 Å². The fraction of sp³-hybridized carbons (Fsp3) is 0.294. The van der Waals surface area contributed by atoms with E-state index in [1.54, 1.807) is 0 Å². The second-order valence-corrected chi connectivity index (χ2v) is 5.24. The Balaban J connectivity index is 2.27. The SMILES string of the molecule is CCCNc1nc2c(ccc3ccc(C)nc32)cc1C. The minimum absolute atomic E-state index is 0.941. The summed E-state index contributed by atoms with van der Waals surface area (Å²) in [6.07, 6.45) is 1.09. The highest BCUT2D eigenvalue weighted by molar-refractivity contribution is 6.03. The lowest BCUT2D eigenvalue weighted by Gasteiger charge is -2.10. The zero-order valence-electron chi connectivity index (χ0n) is 12.2. The van der Waals surface area contributed by atoms with E-state index in [1.165, 1.54) is 5.56 Å². The van der Waals surface area contributed by atoms with E-state index in [4.69, 9.17) is 4.98 Å². The van der Waals surface area contributed by atoms with Crippen LogP contribution < -0.4 is 5.32 Å². The third-order valence-corrected chi connectivity index (χ3v) is 3.52. The van der Waals surface area contributed by atoms with Crippen molar-refractivity contribution in [3.05, 3.63) is 41.6 Å². The molecule has 1 N–H and O–H groups in total. The van der Waals surface area contributed by atoms with Crippen LogP contribution in [0, 0.1) is 13.8 Å². The van der Waals surface area contributed by atoms with Gasteiger partial charge >= 0.3 is 0 Å². The Hall–Kier alpha value is -2.16. The maximum Gasteiger partial charge on any atom is 0.129 e. The molecule has 0 bridgehead atoms. The van der Waals surface area contributed by atoms with Crippen LogP contribution >= 0.6 is 0 Å². The van der Waals surface area contributed by atoms with Gasteiger partial charge < -0.3 is 5.32 Å². The lowest BCUT2D eigenvalue weighted by atomic mass is 10.1. The number of aromatic nitrogens is 2. The van der Waals surface area contributed by atoms with Crippen molar-refractivity contribution in [2.24, 2.45) is 0 Å². The van der Waals surface area contributed by atoms with Crippen molar-refractivity contribution >= 4 is 27.6 Å². The molecule has 0 aliphatic carbocycles. The van der Waals surface area contributed by atoms with Crippen LogP contribution in [-0.2, 0) is 0 Å². The van der Waals surface area contributed by atoms with Crippen LogP contribution in [0.4, 0.5) is 5.82 Å². The Morgan fingerprint density at radius 3 is 2.45 bits per heavy atom. The van der Waals surface area contributed by atoms with Gasteiger partial charge in [0.15, 0.2) is 0 Å². The first-order valence-electron chi connectivity index (χ1n) is 7.10. The number of pyridine rings is 2. The molecule has 3 rings (SSSR count). The van der Waals surface area contributed by atoms with Gasteiger partial charge in [-0.1, -0.05) is 25.1 Å². The van der Waals surface area contributed by atoms with E-state index < -0.39 is 0 Å². The van der Waals surface area contributed by atoms with Crippen molar-refractivity contribution < 1.29 is 0 Å². The fourth-order valence-corrected chi connectivity index (χ4v) is 2.44. The smallest absolute Gasteiger partial charge is 0.129 e. The Morgan fingerprint density at radius 2 is 1.65 bits per heavy atom. The summed E-state index contributed by atoms with van der Waals surface area (Å²) in [4.78, 5) is 9.47. The van der Waals surface area contributed by atoms with E-state index in [9.17, 15) is 0 Å². The van der Waals surface area contributed by atoms with Crippen LogP contribution in [0.25, 0.3) is 21.8 Å². The highest BCUT2D eigenvalue weighted by Gasteiger charge is 2.07. The Labute approximate surface area is 119 Å². The third kappa shape index (κ3) is 2.20. The van der Waals surface area contributed by atoms with Crippen LogP contribution in [-0.4, -0.2) is 16.5 Å². The number of nitrogens with one attached hydrogen (secondary N) is 1. The molecule has 0 aliphatic rings. The summed E-state index contributed by atoms with van der Waals surface area (Å²) in [5.74, 6) is 0.968. The van der Waals surface area contributed by atoms with E-state index >= 15 is 0 Å². The molecule has 0 unspecified atom stereocenters. The van der Waals surface area contributed by atoms with Gasteiger partial charge in [-0.3, -0.25) is 4.98 Å². The lowest BCUT2D eigenvalue weighted by Crippen LogP contribution is -2.04. The molecule has 3 nitrogen and oxygen atoms in total. The summed E-state index contributed by atoms with van der Waals surface area (Å²) in [6.45, 7) is 7.21. The van der Waals surface area contributed by atoms with Crippen LogP contribution in [0.3, 0.4) is 0 Å². The fourth-order valence-electron chi connectivity index (χ4n) is 2.44. The molecule has 3 aromatic rings. The summed E-state index contributed by atoms with van der Waals surface area (Å²) in [6, 6.07) is 10.6. The minimum Gasteiger partial charge on any atom is -0.370 e. The van der Waals surface area contributed by atoms with Crippen molar-refractivity contribution in [3.63, 3.8) is 0 Å². The van der Waals surface area contributed by atoms with E-state index in [-0.39, 0.29) is 0 Å². The van der Waals surface area contributed by atoms with Gasteiger partial charge in [0.2, 0.25) is 0 Å². The van der Waals surface area contributed by atoms with E-state index in [1.807, 2.05) is 13.0 Å². The predicted molar refractivity (Wildman–Crippen MR) is 85.3 cm³/mol. The van der Waals surface area contributed by atoms with E-state index in [0.717, 1.165) is 46.3 Å². The number of nitrogens with zero attached hydrogens (tertiary/aromatic N) is 2. The second kappa shape index (κ2) is 5.08. The predicted octanol–water partition coefficient (Wildman–Crippen LogP) is 4.22. The van der Waals surface area contributed by atoms with Gasteiger partial charge in [-0.15, -0.1) is 0 Å². The molecule has 2 aromatic heterocycles. The summed E-state index contributed by atoms with van der Waals surface area (Å²) in [5.41, 5.74) is 4.17. The summed E-state index contributed by atoms with van der Waals surface area (Å²) in [7, 11) is 0. The summed E-state index contributed by atoms with van der Waals surface area (Å²) < 4.78 is 0. The van der Waals surface area contributed by atoms with Crippen LogP contribution in [0.2, 0.25) is 0 Å². The Kier molecular flexibility index (Phi) is 3.26. The second-order valence-electron chi connectivity index (χ2n) is 5.24. The number of fused-ring (bicyclic) bond motifs is 3. The van der Waals surface area contributed by atoms with Gasteiger partial charge in [-0.25, -0.2) is 4.98 Å². The standard InChI is InChI=1S/C17H19N3/c1-4-9-18-17-11(2)10-14-8-7-13-6-5-12(3)19-15(13)16(14)20-17/h5-8,10H,4,9H2,1-3H3,(H,18,20). The number of anilines is 1. The topological polar surface area (TPSA) is 37.8 Å². The average Bonchev–Trinajstić information content (AvgIpc) is 2.45. The molecular formula is C17H19N3. The van der Waals surface area contributed by atoms with Crippen molar-refractivity contribution in [1.82, 2.24) is 9.97 Å². The third-order valence-electron chi connectivity index (χ3n) is 3.52. The summed E-state index contributed by atoms with van der Waals surface area (Å²) >= 11 is 0. The quantitative estimate of drug-likeness (QED) is 0.720. The zero-order chi connectivity index (χ0) is 14.1. The highest BCUT2D eigenvalue weighted by atomic mass is 15.0. The van der Waals surface area contributed by atoms with E-state index in [2.05, 4.69) is 48.4 Å². The number of hydrogen-bond acceptors (Lipinski definition) is 3. The monoisotopic (exact) mass is 265 g/mol. The van der Waals surface area contributed by atoms with Crippen LogP contribution in [0.15, 0.2) is 30.3 Å². The first-order valence-corrected chi connectivity index (χ1v) is 7.10. The lowest BCUT2D eigenvalue weighted by molar-refractivity contribution is 0.968. The molecule has 3 heteroatoms. The highest BCUT2D eigenvalue weighted by Crippen LogP contribution is 2.26. The van der Waals surface area contributed by atoms with Gasteiger partial charge in [-0.05, 0) is 38.0 Å². The molecule has 0 fully saturated rings. The number of rotatable bonds is 3. The molecule has 102 valence electrons. The molecule has 0 amide bonds. The van der Waals surface area contributed by atoms with Gasteiger partial charge in [0.1, 0.15) is 5.82 Å². The van der Waals surface area contributed by atoms with Crippen molar-refractivity contribution in [1.29, 1.82) is 0 Å². The molecule has 2 heterocycles. The number of hydrogen-bond donors (Lipinski definition) is 1. The Bertz CT molecular complexity index is 778.